The van der Waals surface area contributed by atoms with E-state index in [0.717, 1.165) is 6.54 Å². The Kier molecular flexibility index (Phi) is 5.40. The summed E-state index contributed by atoms with van der Waals surface area (Å²) in [7, 11) is 0. The summed E-state index contributed by atoms with van der Waals surface area (Å²) in [5.41, 5.74) is 1.31. The van der Waals surface area contributed by atoms with Crippen LogP contribution in [0.2, 0.25) is 0 Å². The Hall–Kier alpha value is -0.240. The van der Waals surface area contributed by atoms with Crippen molar-refractivity contribution >= 4 is 15.9 Å². The predicted octanol–water partition coefficient (Wildman–Crippen LogP) is 2.80. The topological polar surface area (TPSA) is 12.0 Å². The van der Waals surface area contributed by atoms with Gasteiger partial charge < -0.3 is 5.32 Å². The van der Waals surface area contributed by atoms with Crippen LogP contribution in [0, 0.1) is 0 Å². The molecule has 0 radical (unpaired) electrons. The molecule has 0 saturated carbocycles. The van der Waals surface area contributed by atoms with Crippen LogP contribution < -0.4 is 5.32 Å². The Balaban J connectivity index is 0.000000371. The highest BCUT2D eigenvalue weighted by Gasteiger charge is 1.97. The first-order valence-electron chi connectivity index (χ1n) is 3.56. The molecular weight excluding hydrogens is 190 g/mol. The van der Waals surface area contributed by atoms with E-state index < -0.39 is 0 Å². The molecule has 0 saturated heterocycles. The summed E-state index contributed by atoms with van der Waals surface area (Å²) in [4.78, 5) is 0. The van der Waals surface area contributed by atoms with Crippen molar-refractivity contribution in [1.29, 1.82) is 0 Å². The smallest absolute Gasteiger partial charge is 0.0463 e. The van der Waals surface area contributed by atoms with E-state index in [1.807, 2.05) is 26.1 Å². The Labute approximate surface area is 71.3 Å². The molecule has 0 bridgehead atoms. The van der Waals surface area contributed by atoms with E-state index in [1.165, 1.54) is 10.1 Å². The van der Waals surface area contributed by atoms with E-state index in [-0.39, 0.29) is 0 Å². The van der Waals surface area contributed by atoms with Gasteiger partial charge in [0, 0.05) is 11.0 Å². The van der Waals surface area contributed by atoms with Crippen molar-refractivity contribution < 1.29 is 0 Å². The lowest BCUT2D eigenvalue weighted by Crippen LogP contribution is -2.10. The fraction of sp³-hybridized carbons (Fsp3) is 0.500. The third-order valence-corrected chi connectivity index (χ3v) is 2.04. The average molecular weight is 204 g/mol. The minimum Gasteiger partial charge on any atom is -0.386 e. The van der Waals surface area contributed by atoms with Crippen LogP contribution in [0.1, 0.15) is 20.8 Å². The van der Waals surface area contributed by atoms with Gasteiger partial charge in [-0.2, -0.15) is 0 Å². The maximum atomic E-state index is 3.42. The van der Waals surface area contributed by atoms with E-state index in [4.69, 9.17) is 0 Å². The quantitative estimate of drug-likeness (QED) is 0.639. The third-order valence-electron chi connectivity index (χ3n) is 1.14. The Morgan fingerprint density at radius 3 is 2.40 bits per heavy atom. The number of rotatable bonds is 0. The minimum atomic E-state index is 0.933. The lowest BCUT2D eigenvalue weighted by Gasteiger charge is -2.07. The molecule has 10 heavy (non-hydrogen) atoms. The summed E-state index contributed by atoms with van der Waals surface area (Å²) in [6, 6.07) is 0. The van der Waals surface area contributed by atoms with Crippen molar-refractivity contribution in [1.82, 2.24) is 5.32 Å². The molecule has 1 nitrogen and oxygen atoms in total. The maximum absolute atomic E-state index is 3.42. The van der Waals surface area contributed by atoms with Gasteiger partial charge in [0.1, 0.15) is 0 Å². The van der Waals surface area contributed by atoms with Gasteiger partial charge in [0.05, 0.1) is 0 Å². The summed E-state index contributed by atoms with van der Waals surface area (Å²) in [6.45, 7) is 7.02. The Bertz CT molecular complexity index is 147. The highest BCUT2D eigenvalue weighted by Crippen LogP contribution is 2.13. The fourth-order valence-electron chi connectivity index (χ4n) is 0.562. The molecule has 0 aromatic heterocycles. The van der Waals surface area contributed by atoms with Crippen LogP contribution in [0.5, 0.6) is 0 Å². The molecule has 1 heterocycles. The van der Waals surface area contributed by atoms with Gasteiger partial charge in [-0.05, 0) is 24.8 Å². The number of hydrogen-bond donors (Lipinski definition) is 1. The normalized spacial score (nSPS) is 15.6. The van der Waals surface area contributed by atoms with Crippen molar-refractivity contribution in [3.8, 4) is 0 Å². The van der Waals surface area contributed by atoms with E-state index >= 15 is 0 Å². The molecule has 1 aliphatic rings. The van der Waals surface area contributed by atoms with Crippen molar-refractivity contribution in [2.24, 2.45) is 0 Å². The molecule has 1 aliphatic heterocycles. The monoisotopic (exact) mass is 203 g/mol. The summed E-state index contributed by atoms with van der Waals surface area (Å²) in [5, 5.41) is 3.08. The van der Waals surface area contributed by atoms with Crippen molar-refractivity contribution in [3.63, 3.8) is 0 Å². The van der Waals surface area contributed by atoms with Crippen LogP contribution in [0.25, 0.3) is 0 Å². The zero-order valence-corrected chi connectivity index (χ0v) is 8.33. The van der Waals surface area contributed by atoms with Crippen LogP contribution in [0.4, 0.5) is 0 Å². The molecule has 58 valence electrons. The van der Waals surface area contributed by atoms with Gasteiger partial charge in [-0.3, -0.25) is 0 Å². The molecule has 0 spiro atoms. The number of nitrogens with one attached hydrogen (secondary N) is 1. The van der Waals surface area contributed by atoms with E-state index in [1.54, 1.807) is 0 Å². The van der Waals surface area contributed by atoms with Gasteiger partial charge in [-0.15, -0.1) is 0 Å². The molecule has 2 heteroatoms. The molecule has 0 fully saturated rings. The predicted molar refractivity (Wildman–Crippen MR) is 50.1 cm³/mol. The van der Waals surface area contributed by atoms with Gasteiger partial charge in [-0.1, -0.05) is 29.8 Å². The first kappa shape index (κ1) is 9.76. The van der Waals surface area contributed by atoms with Gasteiger partial charge in [-0.25, -0.2) is 0 Å². The van der Waals surface area contributed by atoms with Crippen LogP contribution >= 0.6 is 15.9 Å². The second-order valence-electron chi connectivity index (χ2n) is 1.80. The highest BCUT2D eigenvalue weighted by atomic mass is 79.9. The van der Waals surface area contributed by atoms with Gasteiger partial charge in [0.25, 0.3) is 0 Å². The summed E-state index contributed by atoms with van der Waals surface area (Å²) in [6.07, 6.45) is 4.01. The van der Waals surface area contributed by atoms with E-state index in [2.05, 4.69) is 28.2 Å². The molecule has 0 aromatic rings. The first-order chi connectivity index (χ1) is 4.80. The molecule has 0 unspecified atom stereocenters. The highest BCUT2D eigenvalue weighted by molar-refractivity contribution is 9.11. The summed E-state index contributed by atoms with van der Waals surface area (Å²) in [5.74, 6) is 0. The fourth-order valence-corrected chi connectivity index (χ4v) is 0.856. The standard InChI is InChI=1S/C6H8BrN.C2H6/c1-5-2-3-8-4-6(5)7;1-2/h2-3,8H,4H2,1H3;1-2H3. The van der Waals surface area contributed by atoms with Crippen LogP contribution in [-0.2, 0) is 0 Å². The molecule has 0 atom stereocenters. The van der Waals surface area contributed by atoms with Gasteiger partial charge >= 0.3 is 0 Å². The molecule has 0 aliphatic carbocycles. The van der Waals surface area contributed by atoms with E-state index in [0.29, 0.717) is 0 Å². The second kappa shape index (κ2) is 5.54. The SMILES string of the molecule is CC.CC1=C(Br)CNC=C1. The number of dihydropyridines is 1. The second-order valence-corrected chi connectivity index (χ2v) is 2.76. The lowest BCUT2D eigenvalue weighted by atomic mass is 10.2. The van der Waals surface area contributed by atoms with Crippen LogP contribution in [0.3, 0.4) is 0 Å². The minimum absolute atomic E-state index is 0.933. The number of allylic oxidation sites excluding steroid dienone is 2. The van der Waals surface area contributed by atoms with Crippen LogP contribution in [0.15, 0.2) is 22.3 Å². The molecule has 0 amide bonds. The summed E-state index contributed by atoms with van der Waals surface area (Å²) < 4.78 is 1.25. The summed E-state index contributed by atoms with van der Waals surface area (Å²) >= 11 is 3.42. The lowest BCUT2D eigenvalue weighted by molar-refractivity contribution is 0.949. The Morgan fingerprint density at radius 2 is 2.10 bits per heavy atom. The molecule has 1 N–H and O–H groups in total. The largest absolute Gasteiger partial charge is 0.386 e. The molecular formula is C8H14BrN. The van der Waals surface area contributed by atoms with Crippen molar-refractivity contribution in [2.75, 3.05) is 6.54 Å². The molecule has 1 rings (SSSR count). The van der Waals surface area contributed by atoms with E-state index in [9.17, 15) is 0 Å². The third kappa shape index (κ3) is 3.06. The zero-order valence-electron chi connectivity index (χ0n) is 6.74. The number of hydrogen-bond acceptors (Lipinski definition) is 1. The maximum Gasteiger partial charge on any atom is 0.0463 e. The van der Waals surface area contributed by atoms with Crippen molar-refractivity contribution in [2.45, 2.75) is 20.8 Å². The van der Waals surface area contributed by atoms with Gasteiger partial charge in [0.15, 0.2) is 0 Å². The Morgan fingerprint density at radius 1 is 1.50 bits per heavy atom. The van der Waals surface area contributed by atoms with Gasteiger partial charge in [0.2, 0.25) is 0 Å². The zero-order chi connectivity index (χ0) is 7.98. The van der Waals surface area contributed by atoms with Crippen LogP contribution in [-0.4, -0.2) is 6.54 Å². The number of halogens is 1. The van der Waals surface area contributed by atoms with Crippen molar-refractivity contribution in [3.05, 3.63) is 22.3 Å². The average Bonchev–Trinajstić information content (AvgIpc) is 2.00. The molecule has 0 aromatic carbocycles. The first-order valence-corrected chi connectivity index (χ1v) is 4.35.